The molecule has 0 unspecified atom stereocenters. The Morgan fingerprint density at radius 1 is 1.33 bits per heavy atom. The number of rotatable bonds is 5. The highest BCUT2D eigenvalue weighted by molar-refractivity contribution is 5.94. The van der Waals surface area contributed by atoms with Gasteiger partial charge in [0.15, 0.2) is 0 Å². The topological polar surface area (TPSA) is 41.6 Å². The van der Waals surface area contributed by atoms with Gasteiger partial charge in [0.25, 0.3) is 5.91 Å². The number of carbonyl (C=O) groups excluding carboxylic acids is 1. The number of hydrogen-bond acceptors (Lipinski definition) is 3. The van der Waals surface area contributed by atoms with Crippen molar-refractivity contribution in [3.8, 4) is 5.75 Å². The molecule has 0 aliphatic carbocycles. The molecule has 2 saturated heterocycles. The van der Waals surface area contributed by atoms with E-state index in [1.165, 1.54) is 0 Å². The third kappa shape index (κ3) is 3.05. The molecular weight excluding hydrogens is 264 g/mol. The summed E-state index contributed by atoms with van der Waals surface area (Å²) >= 11 is 0. The molecule has 4 nitrogen and oxygen atoms in total. The molecule has 2 aliphatic rings. The van der Waals surface area contributed by atoms with Crippen molar-refractivity contribution >= 4 is 5.91 Å². The first-order chi connectivity index (χ1) is 10.3. The minimum absolute atomic E-state index is 0.159. The molecule has 2 fully saturated rings. The van der Waals surface area contributed by atoms with Gasteiger partial charge in [-0.15, -0.1) is 0 Å². The Morgan fingerprint density at radius 2 is 2.14 bits per heavy atom. The number of nitrogens with one attached hydrogen (secondary N) is 1. The number of unbranched alkanes of at least 4 members (excludes halogenated alkanes) is 1. The zero-order chi connectivity index (χ0) is 14.7. The number of likely N-dealkylation sites (tertiary alicyclic amines) is 1. The summed E-state index contributed by atoms with van der Waals surface area (Å²) in [4.78, 5) is 14.7. The average Bonchev–Trinajstić information content (AvgIpc) is 3.10. The van der Waals surface area contributed by atoms with Crippen molar-refractivity contribution in [2.24, 2.45) is 5.92 Å². The fourth-order valence-electron chi connectivity index (χ4n) is 3.30. The third-order valence-electron chi connectivity index (χ3n) is 4.57. The van der Waals surface area contributed by atoms with Crippen LogP contribution in [0.1, 0.15) is 36.5 Å². The molecule has 4 heteroatoms. The molecule has 0 radical (unpaired) electrons. The molecule has 21 heavy (non-hydrogen) atoms. The van der Waals surface area contributed by atoms with E-state index >= 15 is 0 Å². The Balaban J connectivity index is 1.62. The van der Waals surface area contributed by atoms with Gasteiger partial charge in [0.2, 0.25) is 0 Å². The summed E-state index contributed by atoms with van der Waals surface area (Å²) in [5.74, 6) is 1.65. The van der Waals surface area contributed by atoms with E-state index in [9.17, 15) is 4.79 Å². The van der Waals surface area contributed by atoms with Crippen molar-refractivity contribution in [3.63, 3.8) is 0 Å². The van der Waals surface area contributed by atoms with E-state index < -0.39 is 0 Å². The molecule has 0 saturated carbocycles. The largest absolute Gasteiger partial charge is 0.494 e. The van der Waals surface area contributed by atoms with Crippen LogP contribution in [0.3, 0.4) is 0 Å². The Hall–Kier alpha value is -1.55. The highest BCUT2D eigenvalue weighted by Crippen LogP contribution is 2.28. The lowest BCUT2D eigenvalue weighted by atomic mass is 10.0. The van der Waals surface area contributed by atoms with E-state index in [2.05, 4.69) is 12.2 Å². The Kier molecular flexibility index (Phi) is 4.44. The number of hydrogen-bond donors (Lipinski definition) is 1. The van der Waals surface area contributed by atoms with Gasteiger partial charge < -0.3 is 15.0 Å². The number of amides is 1. The van der Waals surface area contributed by atoms with E-state index in [4.69, 9.17) is 4.74 Å². The highest BCUT2D eigenvalue weighted by atomic mass is 16.5. The second kappa shape index (κ2) is 6.48. The Morgan fingerprint density at radius 3 is 2.90 bits per heavy atom. The smallest absolute Gasteiger partial charge is 0.254 e. The Bertz CT molecular complexity index is 486. The molecular formula is C17H24N2O2. The van der Waals surface area contributed by atoms with E-state index in [-0.39, 0.29) is 5.91 Å². The maximum Gasteiger partial charge on any atom is 0.254 e. The van der Waals surface area contributed by atoms with Crippen LogP contribution >= 0.6 is 0 Å². The van der Waals surface area contributed by atoms with Crippen LogP contribution in [0.15, 0.2) is 24.3 Å². The number of carbonyl (C=O) groups is 1. The van der Waals surface area contributed by atoms with Crippen molar-refractivity contribution in [3.05, 3.63) is 29.8 Å². The van der Waals surface area contributed by atoms with Crippen LogP contribution in [0.4, 0.5) is 0 Å². The summed E-state index contributed by atoms with van der Waals surface area (Å²) in [6.07, 6.45) is 3.31. The van der Waals surface area contributed by atoms with E-state index in [0.29, 0.717) is 12.0 Å². The predicted molar refractivity (Wildman–Crippen MR) is 82.6 cm³/mol. The third-order valence-corrected chi connectivity index (χ3v) is 4.57. The number of benzene rings is 1. The maximum atomic E-state index is 12.6. The van der Waals surface area contributed by atoms with Gasteiger partial charge in [-0.1, -0.05) is 13.3 Å². The molecule has 114 valence electrons. The van der Waals surface area contributed by atoms with Gasteiger partial charge in [-0.3, -0.25) is 4.79 Å². The van der Waals surface area contributed by atoms with Crippen LogP contribution < -0.4 is 10.1 Å². The predicted octanol–water partition coefficient (Wildman–Crippen LogP) is 2.30. The van der Waals surface area contributed by atoms with Gasteiger partial charge in [-0.05, 0) is 43.0 Å². The summed E-state index contributed by atoms with van der Waals surface area (Å²) in [5.41, 5.74) is 0.769. The SMILES string of the molecule is CCCCOc1ccc(C(=O)N2CC[C@H]3CNC[C@H]32)cc1. The minimum Gasteiger partial charge on any atom is -0.494 e. The van der Waals surface area contributed by atoms with Crippen LogP contribution in [0, 0.1) is 5.92 Å². The molecule has 1 amide bonds. The first-order valence-corrected chi connectivity index (χ1v) is 8.04. The molecule has 1 N–H and O–H groups in total. The van der Waals surface area contributed by atoms with Crippen molar-refractivity contribution in [2.75, 3.05) is 26.2 Å². The summed E-state index contributed by atoms with van der Waals surface area (Å²) in [6.45, 7) is 5.77. The van der Waals surface area contributed by atoms with Crippen LogP contribution in [0.2, 0.25) is 0 Å². The number of ether oxygens (including phenoxy) is 1. The summed E-state index contributed by atoms with van der Waals surface area (Å²) in [7, 11) is 0. The number of nitrogens with zero attached hydrogens (tertiary/aromatic N) is 1. The van der Waals surface area contributed by atoms with Gasteiger partial charge in [-0.25, -0.2) is 0 Å². The van der Waals surface area contributed by atoms with E-state index in [0.717, 1.165) is 56.8 Å². The van der Waals surface area contributed by atoms with E-state index in [1.807, 2.05) is 29.2 Å². The lowest BCUT2D eigenvalue weighted by Gasteiger charge is -2.23. The van der Waals surface area contributed by atoms with Gasteiger partial charge in [0.05, 0.1) is 6.61 Å². The molecule has 1 aromatic rings. The van der Waals surface area contributed by atoms with Crippen molar-refractivity contribution in [1.82, 2.24) is 10.2 Å². The minimum atomic E-state index is 0.159. The lowest BCUT2D eigenvalue weighted by molar-refractivity contribution is 0.0737. The second-order valence-electron chi connectivity index (χ2n) is 6.00. The zero-order valence-corrected chi connectivity index (χ0v) is 12.7. The lowest BCUT2D eigenvalue weighted by Crippen LogP contribution is -2.39. The molecule has 0 spiro atoms. The number of fused-ring (bicyclic) bond motifs is 1. The first-order valence-electron chi connectivity index (χ1n) is 8.04. The first kappa shape index (κ1) is 14.4. The molecule has 2 aliphatic heterocycles. The average molecular weight is 288 g/mol. The van der Waals surface area contributed by atoms with Crippen LogP contribution in [-0.2, 0) is 0 Å². The second-order valence-corrected chi connectivity index (χ2v) is 6.00. The Labute approximate surface area is 126 Å². The molecule has 0 bridgehead atoms. The fraction of sp³-hybridized carbons (Fsp3) is 0.588. The highest BCUT2D eigenvalue weighted by Gasteiger charge is 2.39. The molecule has 3 rings (SSSR count). The zero-order valence-electron chi connectivity index (χ0n) is 12.7. The van der Waals surface area contributed by atoms with Crippen LogP contribution in [0.25, 0.3) is 0 Å². The molecule has 0 aromatic heterocycles. The van der Waals surface area contributed by atoms with Gasteiger partial charge in [0.1, 0.15) is 5.75 Å². The summed E-state index contributed by atoms with van der Waals surface area (Å²) in [5, 5.41) is 3.38. The fourth-order valence-corrected chi connectivity index (χ4v) is 3.30. The van der Waals surface area contributed by atoms with E-state index in [1.54, 1.807) is 0 Å². The normalized spacial score (nSPS) is 24.1. The van der Waals surface area contributed by atoms with Crippen LogP contribution in [0.5, 0.6) is 5.75 Å². The quantitative estimate of drug-likeness (QED) is 0.845. The summed E-state index contributed by atoms with van der Waals surface area (Å²) in [6, 6.07) is 7.98. The molecule has 2 atom stereocenters. The standard InChI is InChI=1S/C17H24N2O2/c1-2-3-10-21-15-6-4-13(5-7-15)17(20)19-9-8-14-11-18-12-16(14)19/h4-7,14,16,18H,2-3,8-12H2,1H3/t14-,16+/m0/s1. The van der Waals surface area contributed by atoms with Crippen LogP contribution in [-0.4, -0.2) is 43.1 Å². The monoisotopic (exact) mass is 288 g/mol. The van der Waals surface area contributed by atoms with Gasteiger partial charge in [-0.2, -0.15) is 0 Å². The molecule has 2 heterocycles. The maximum absolute atomic E-state index is 12.6. The summed E-state index contributed by atoms with van der Waals surface area (Å²) < 4.78 is 5.64. The van der Waals surface area contributed by atoms with Crippen molar-refractivity contribution < 1.29 is 9.53 Å². The van der Waals surface area contributed by atoms with Gasteiger partial charge in [0, 0.05) is 31.2 Å². The van der Waals surface area contributed by atoms with Gasteiger partial charge >= 0.3 is 0 Å². The van der Waals surface area contributed by atoms with Crippen molar-refractivity contribution in [1.29, 1.82) is 0 Å². The molecule has 1 aromatic carbocycles. The van der Waals surface area contributed by atoms with Crippen molar-refractivity contribution in [2.45, 2.75) is 32.2 Å².